The zero-order chi connectivity index (χ0) is 14.3. The Morgan fingerprint density at radius 1 is 1.11 bits per heavy atom. The maximum absolute atomic E-state index is 10.1. The summed E-state index contributed by atoms with van der Waals surface area (Å²) in [5.41, 5.74) is 0.581. The topological polar surface area (TPSA) is 35.5 Å². The van der Waals surface area contributed by atoms with Gasteiger partial charge in [-0.3, -0.25) is 0 Å². The molecule has 0 aliphatic carbocycles. The molecular weight excluding hydrogens is 236 g/mol. The summed E-state index contributed by atoms with van der Waals surface area (Å²) in [7, 11) is 0. The van der Waals surface area contributed by atoms with Crippen molar-refractivity contribution in [3.05, 3.63) is 0 Å². The first-order valence-electron chi connectivity index (χ1n) is 8.12. The van der Waals surface area contributed by atoms with Gasteiger partial charge in [-0.25, -0.2) is 0 Å². The third-order valence-electron chi connectivity index (χ3n) is 4.82. The summed E-state index contributed by atoms with van der Waals surface area (Å²) in [5, 5.41) is 13.4. The number of nitrogens with one attached hydrogen (secondary N) is 1. The normalized spacial score (nSPS) is 21.8. The smallest absolute Gasteiger partial charge is 0.0791 e. The Bertz CT molecular complexity index is 229. The molecule has 0 spiro atoms. The number of hydrogen-bond acceptors (Lipinski definition) is 3. The van der Waals surface area contributed by atoms with Crippen molar-refractivity contribution in [3.63, 3.8) is 0 Å². The standard InChI is InChI=1S/C16H34N2O/c1-5-16(6-2)7-9-18(10-8-16)13-15(19)12-17-11-14(3)4/h14-15,17,19H,5-13H2,1-4H3. The lowest BCUT2D eigenvalue weighted by molar-refractivity contribution is 0.0533. The Morgan fingerprint density at radius 2 is 1.68 bits per heavy atom. The molecule has 1 fully saturated rings. The molecule has 0 aromatic rings. The Morgan fingerprint density at radius 3 is 2.16 bits per heavy atom. The van der Waals surface area contributed by atoms with Crippen molar-refractivity contribution in [1.29, 1.82) is 0 Å². The molecule has 114 valence electrons. The summed E-state index contributed by atoms with van der Waals surface area (Å²) in [6.07, 6.45) is 4.97. The average Bonchev–Trinajstić information content (AvgIpc) is 2.39. The molecule has 0 aromatic carbocycles. The summed E-state index contributed by atoms with van der Waals surface area (Å²) in [6, 6.07) is 0. The molecular formula is C16H34N2O. The molecule has 1 aliphatic heterocycles. The van der Waals surface area contributed by atoms with Gasteiger partial charge in [0, 0.05) is 13.1 Å². The third kappa shape index (κ3) is 5.80. The van der Waals surface area contributed by atoms with E-state index in [4.69, 9.17) is 0 Å². The Kier molecular flexibility index (Phi) is 7.33. The van der Waals surface area contributed by atoms with E-state index in [2.05, 4.69) is 37.9 Å². The molecule has 0 amide bonds. The zero-order valence-corrected chi connectivity index (χ0v) is 13.4. The van der Waals surface area contributed by atoms with E-state index >= 15 is 0 Å². The van der Waals surface area contributed by atoms with E-state index in [1.165, 1.54) is 25.7 Å². The molecule has 1 heterocycles. The van der Waals surface area contributed by atoms with Gasteiger partial charge in [0.05, 0.1) is 6.10 Å². The average molecular weight is 270 g/mol. The van der Waals surface area contributed by atoms with Gasteiger partial charge in [0.1, 0.15) is 0 Å². The van der Waals surface area contributed by atoms with Gasteiger partial charge < -0.3 is 15.3 Å². The molecule has 19 heavy (non-hydrogen) atoms. The van der Waals surface area contributed by atoms with Crippen molar-refractivity contribution in [3.8, 4) is 0 Å². The summed E-state index contributed by atoms with van der Waals surface area (Å²) >= 11 is 0. The largest absolute Gasteiger partial charge is 0.390 e. The number of β-amino-alcohol motifs (C(OH)–C–C–N with tert-alkyl or cyclic N) is 1. The molecule has 1 aliphatic rings. The molecule has 0 saturated carbocycles. The van der Waals surface area contributed by atoms with Gasteiger partial charge in [-0.2, -0.15) is 0 Å². The molecule has 1 rings (SSSR count). The van der Waals surface area contributed by atoms with Crippen molar-refractivity contribution in [2.45, 2.75) is 59.5 Å². The number of rotatable bonds is 8. The van der Waals surface area contributed by atoms with Crippen molar-refractivity contribution in [2.75, 3.05) is 32.7 Å². The summed E-state index contributed by atoms with van der Waals surface area (Å²) < 4.78 is 0. The van der Waals surface area contributed by atoms with Gasteiger partial charge in [0.25, 0.3) is 0 Å². The number of hydrogen-bond donors (Lipinski definition) is 2. The fraction of sp³-hybridized carbons (Fsp3) is 1.00. The Hall–Kier alpha value is -0.120. The van der Waals surface area contributed by atoms with Gasteiger partial charge in [-0.15, -0.1) is 0 Å². The minimum Gasteiger partial charge on any atom is -0.390 e. The maximum atomic E-state index is 10.1. The molecule has 0 bridgehead atoms. The van der Waals surface area contributed by atoms with Crippen LogP contribution in [0.1, 0.15) is 53.4 Å². The minimum atomic E-state index is -0.227. The van der Waals surface area contributed by atoms with Crippen molar-refractivity contribution >= 4 is 0 Å². The van der Waals surface area contributed by atoms with E-state index in [1.807, 2.05) is 0 Å². The number of nitrogens with zero attached hydrogens (tertiary/aromatic N) is 1. The van der Waals surface area contributed by atoms with Gasteiger partial charge in [-0.05, 0) is 43.8 Å². The highest BCUT2D eigenvalue weighted by Gasteiger charge is 2.31. The highest BCUT2D eigenvalue weighted by Crippen LogP contribution is 2.37. The molecule has 3 heteroatoms. The number of likely N-dealkylation sites (tertiary alicyclic amines) is 1. The van der Waals surface area contributed by atoms with Gasteiger partial charge in [0.15, 0.2) is 0 Å². The van der Waals surface area contributed by atoms with Gasteiger partial charge in [0.2, 0.25) is 0 Å². The predicted molar refractivity (Wildman–Crippen MR) is 82.4 cm³/mol. The first-order chi connectivity index (χ1) is 9.01. The Balaban J connectivity index is 2.21. The zero-order valence-electron chi connectivity index (χ0n) is 13.4. The fourth-order valence-corrected chi connectivity index (χ4v) is 3.07. The number of aliphatic hydroxyl groups excluding tert-OH is 1. The SMILES string of the molecule is CCC1(CC)CCN(CC(O)CNCC(C)C)CC1. The number of piperidine rings is 1. The van der Waals surface area contributed by atoms with E-state index < -0.39 is 0 Å². The van der Waals surface area contributed by atoms with Crippen LogP contribution in [0.15, 0.2) is 0 Å². The van der Waals surface area contributed by atoms with E-state index in [-0.39, 0.29) is 6.10 Å². The summed E-state index contributed by atoms with van der Waals surface area (Å²) in [4.78, 5) is 2.44. The Labute approximate surface area is 119 Å². The second-order valence-corrected chi connectivity index (χ2v) is 6.71. The van der Waals surface area contributed by atoms with E-state index in [0.717, 1.165) is 32.7 Å². The first-order valence-corrected chi connectivity index (χ1v) is 8.12. The molecule has 0 radical (unpaired) electrons. The van der Waals surface area contributed by atoms with Crippen molar-refractivity contribution in [2.24, 2.45) is 11.3 Å². The third-order valence-corrected chi connectivity index (χ3v) is 4.82. The van der Waals surface area contributed by atoms with Crippen LogP contribution < -0.4 is 5.32 Å². The van der Waals surface area contributed by atoms with Crippen LogP contribution in [0.4, 0.5) is 0 Å². The van der Waals surface area contributed by atoms with Crippen LogP contribution in [0.3, 0.4) is 0 Å². The monoisotopic (exact) mass is 270 g/mol. The molecule has 1 unspecified atom stereocenters. The number of aliphatic hydroxyl groups is 1. The van der Waals surface area contributed by atoms with Crippen LogP contribution in [0.5, 0.6) is 0 Å². The molecule has 3 nitrogen and oxygen atoms in total. The lowest BCUT2D eigenvalue weighted by Crippen LogP contribution is -2.45. The fourth-order valence-electron chi connectivity index (χ4n) is 3.07. The highest BCUT2D eigenvalue weighted by molar-refractivity contribution is 4.84. The quantitative estimate of drug-likeness (QED) is 0.711. The van der Waals surface area contributed by atoms with Gasteiger partial charge in [-0.1, -0.05) is 40.5 Å². The van der Waals surface area contributed by atoms with Crippen LogP contribution in [0.2, 0.25) is 0 Å². The van der Waals surface area contributed by atoms with Gasteiger partial charge >= 0.3 is 0 Å². The van der Waals surface area contributed by atoms with Crippen LogP contribution in [-0.2, 0) is 0 Å². The lowest BCUT2D eigenvalue weighted by atomic mass is 9.74. The molecule has 2 N–H and O–H groups in total. The van der Waals surface area contributed by atoms with Crippen molar-refractivity contribution in [1.82, 2.24) is 10.2 Å². The van der Waals surface area contributed by atoms with Crippen LogP contribution in [-0.4, -0.2) is 48.8 Å². The predicted octanol–water partition coefficient (Wildman–Crippen LogP) is 2.50. The lowest BCUT2D eigenvalue weighted by Gasteiger charge is -2.41. The minimum absolute atomic E-state index is 0.227. The summed E-state index contributed by atoms with van der Waals surface area (Å²) in [5.74, 6) is 0.650. The molecule has 1 atom stereocenters. The van der Waals surface area contributed by atoms with Crippen LogP contribution in [0.25, 0.3) is 0 Å². The molecule has 0 aromatic heterocycles. The van der Waals surface area contributed by atoms with E-state index in [1.54, 1.807) is 0 Å². The van der Waals surface area contributed by atoms with Crippen molar-refractivity contribution < 1.29 is 5.11 Å². The molecule has 1 saturated heterocycles. The van der Waals surface area contributed by atoms with E-state index in [0.29, 0.717) is 11.3 Å². The second-order valence-electron chi connectivity index (χ2n) is 6.71. The van der Waals surface area contributed by atoms with E-state index in [9.17, 15) is 5.11 Å². The second kappa shape index (κ2) is 8.23. The van der Waals surface area contributed by atoms with Crippen LogP contribution >= 0.6 is 0 Å². The van der Waals surface area contributed by atoms with Crippen LogP contribution in [0, 0.1) is 11.3 Å². The highest BCUT2D eigenvalue weighted by atomic mass is 16.3. The maximum Gasteiger partial charge on any atom is 0.0791 e. The first kappa shape index (κ1) is 16.9. The summed E-state index contributed by atoms with van der Waals surface area (Å²) in [6.45, 7) is 13.9.